The molecule has 0 bridgehead atoms. The number of aromatic amines is 1. The number of amides is 1. The number of nitrogens with one attached hydrogen (secondary N) is 2. The fraction of sp³-hybridized carbons (Fsp3) is 0.200. The average Bonchev–Trinajstić information content (AvgIpc) is 3.15. The number of hydrogen-bond donors (Lipinski definition) is 2. The molecule has 2 N–H and O–H groups in total. The number of ether oxygens (including phenoxy) is 3. The van der Waals surface area contributed by atoms with E-state index in [2.05, 4.69) is 20.5 Å². The standard InChI is InChI=1S/C20H20N4O5S/c1-12(25)29-19-16(27-2)8-13(9-17(19)28-3)10-21-24-18(26)11-30-20-22-14-6-4-5-7-15(14)23-20/h4-10H,11H2,1-3H3,(H,22,23)(H,24,26)/b21-10-. The lowest BCUT2D eigenvalue weighted by Crippen LogP contribution is -2.19. The van der Waals surface area contributed by atoms with Crippen LogP contribution in [-0.4, -0.2) is 48.0 Å². The molecule has 0 unspecified atom stereocenters. The van der Waals surface area contributed by atoms with Crippen molar-refractivity contribution >= 4 is 40.9 Å². The Bertz CT molecular complexity index is 1040. The van der Waals surface area contributed by atoms with Gasteiger partial charge in [0, 0.05) is 12.5 Å². The molecule has 30 heavy (non-hydrogen) atoms. The Balaban J connectivity index is 1.61. The van der Waals surface area contributed by atoms with Gasteiger partial charge in [-0.25, -0.2) is 10.4 Å². The number of methoxy groups -OCH3 is 2. The molecule has 156 valence electrons. The van der Waals surface area contributed by atoms with Crippen molar-refractivity contribution < 1.29 is 23.8 Å². The quantitative estimate of drug-likeness (QED) is 0.186. The lowest BCUT2D eigenvalue weighted by atomic mass is 10.2. The zero-order chi connectivity index (χ0) is 21.5. The van der Waals surface area contributed by atoms with Crippen molar-refractivity contribution in [3.63, 3.8) is 0 Å². The number of hydrazone groups is 1. The fourth-order valence-electron chi connectivity index (χ4n) is 2.56. The first-order chi connectivity index (χ1) is 14.5. The maximum atomic E-state index is 12.0. The summed E-state index contributed by atoms with van der Waals surface area (Å²) in [5.74, 6) is 0.149. The van der Waals surface area contributed by atoms with E-state index < -0.39 is 5.97 Å². The Kier molecular flexibility index (Phi) is 6.91. The lowest BCUT2D eigenvalue weighted by Gasteiger charge is -2.13. The first-order valence-corrected chi connectivity index (χ1v) is 9.82. The van der Waals surface area contributed by atoms with E-state index in [4.69, 9.17) is 14.2 Å². The van der Waals surface area contributed by atoms with Crippen molar-refractivity contribution in [2.75, 3.05) is 20.0 Å². The number of H-pyrrole nitrogens is 1. The number of nitrogens with zero attached hydrogens (tertiary/aromatic N) is 2. The van der Waals surface area contributed by atoms with E-state index in [0.717, 1.165) is 11.0 Å². The van der Waals surface area contributed by atoms with Gasteiger partial charge in [-0.3, -0.25) is 9.59 Å². The van der Waals surface area contributed by atoms with Crippen LogP contribution in [0.2, 0.25) is 0 Å². The zero-order valence-corrected chi connectivity index (χ0v) is 17.4. The third-order valence-corrected chi connectivity index (χ3v) is 4.71. The van der Waals surface area contributed by atoms with E-state index in [1.54, 1.807) is 12.1 Å². The molecule has 0 spiro atoms. The first-order valence-electron chi connectivity index (χ1n) is 8.84. The van der Waals surface area contributed by atoms with Crippen LogP contribution >= 0.6 is 11.8 Å². The molecule has 1 aromatic heterocycles. The molecule has 10 heteroatoms. The number of imidazole rings is 1. The molecule has 0 saturated carbocycles. The van der Waals surface area contributed by atoms with E-state index in [1.807, 2.05) is 24.3 Å². The number of para-hydroxylation sites is 2. The topological polar surface area (TPSA) is 115 Å². The van der Waals surface area contributed by atoms with Crippen LogP contribution in [-0.2, 0) is 9.59 Å². The van der Waals surface area contributed by atoms with Crippen molar-refractivity contribution in [3.8, 4) is 17.2 Å². The SMILES string of the molecule is COc1cc(/C=N\NC(=O)CSc2nc3ccccc3[nH]2)cc(OC)c1OC(C)=O. The highest BCUT2D eigenvalue weighted by Crippen LogP contribution is 2.38. The van der Waals surface area contributed by atoms with E-state index in [1.165, 1.54) is 39.1 Å². The van der Waals surface area contributed by atoms with Crippen LogP contribution in [0.5, 0.6) is 17.2 Å². The van der Waals surface area contributed by atoms with Crippen LogP contribution < -0.4 is 19.6 Å². The third-order valence-electron chi connectivity index (χ3n) is 3.84. The second-order valence-electron chi connectivity index (χ2n) is 5.99. The fourth-order valence-corrected chi connectivity index (χ4v) is 3.24. The normalized spacial score (nSPS) is 10.9. The summed E-state index contributed by atoms with van der Waals surface area (Å²) in [6, 6.07) is 10.9. The molecule has 0 atom stereocenters. The predicted octanol–water partition coefficient (Wildman–Crippen LogP) is 2.75. The maximum absolute atomic E-state index is 12.0. The Labute approximate surface area is 176 Å². The number of carbonyl (C=O) groups is 2. The van der Waals surface area contributed by atoms with Gasteiger partial charge in [0.2, 0.25) is 5.75 Å². The summed E-state index contributed by atoms with van der Waals surface area (Å²) < 4.78 is 15.6. The Hall–Kier alpha value is -3.53. The number of thioether (sulfide) groups is 1. The van der Waals surface area contributed by atoms with Gasteiger partial charge in [-0.15, -0.1) is 0 Å². The van der Waals surface area contributed by atoms with Crippen LogP contribution in [0, 0.1) is 0 Å². The molecular weight excluding hydrogens is 408 g/mol. The minimum absolute atomic E-state index is 0.148. The lowest BCUT2D eigenvalue weighted by molar-refractivity contribution is -0.132. The number of fused-ring (bicyclic) bond motifs is 1. The molecule has 0 fully saturated rings. The van der Waals surface area contributed by atoms with Gasteiger partial charge in [0.05, 0.1) is 37.2 Å². The highest BCUT2D eigenvalue weighted by atomic mass is 32.2. The number of aromatic nitrogens is 2. The van der Waals surface area contributed by atoms with Crippen molar-refractivity contribution in [3.05, 3.63) is 42.0 Å². The minimum Gasteiger partial charge on any atom is -0.493 e. The van der Waals surface area contributed by atoms with Crippen molar-refractivity contribution in [2.24, 2.45) is 5.10 Å². The zero-order valence-electron chi connectivity index (χ0n) is 16.6. The van der Waals surface area contributed by atoms with Gasteiger partial charge >= 0.3 is 5.97 Å². The average molecular weight is 428 g/mol. The van der Waals surface area contributed by atoms with Crippen molar-refractivity contribution in [1.29, 1.82) is 0 Å². The molecule has 1 amide bonds. The summed E-state index contributed by atoms with van der Waals surface area (Å²) in [6.07, 6.45) is 1.44. The van der Waals surface area contributed by atoms with Gasteiger partial charge in [-0.2, -0.15) is 5.10 Å². The summed E-state index contributed by atoms with van der Waals surface area (Å²) in [7, 11) is 2.89. The van der Waals surface area contributed by atoms with Gasteiger partial charge in [0.25, 0.3) is 5.91 Å². The molecule has 0 aliphatic rings. The van der Waals surface area contributed by atoms with Crippen LogP contribution in [0.1, 0.15) is 12.5 Å². The molecule has 3 rings (SSSR count). The molecule has 0 radical (unpaired) electrons. The first kappa shape index (κ1) is 21.2. The second-order valence-corrected chi connectivity index (χ2v) is 6.95. The summed E-state index contributed by atoms with van der Waals surface area (Å²) in [4.78, 5) is 30.9. The Morgan fingerprint density at radius 2 is 1.90 bits per heavy atom. The molecule has 9 nitrogen and oxygen atoms in total. The molecule has 3 aromatic rings. The van der Waals surface area contributed by atoms with Crippen LogP contribution in [0.4, 0.5) is 0 Å². The third kappa shape index (κ3) is 5.29. The molecule has 0 aliphatic heterocycles. The minimum atomic E-state index is -0.498. The van der Waals surface area contributed by atoms with E-state index in [-0.39, 0.29) is 17.4 Å². The van der Waals surface area contributed by atoms with Gasteiger partial charge in [-0.1, -0.05) is 23.9 Å². The van der Waals surface area contributed by atoms with Gasteiger partial charge in [0.1, 0.15) is 0 Å². The maximum Gasteiger partial charge on any atom is 0.308 e. The van der Waals surface area contributed by atoms with Gasteiger partial charge < -0.3 is 19.2 Å². The number of rotatable bonds is 8. The van der Waals surface area contributed by atoms with E-state index in [9.17, 15) is 9.59 Å². The molecule has 1 heterocycles. The van der Waals surface area contributed by atoms with Crippen molar-refractivity contribution in [2.45, 2.75) is 12.1 Å². The Morgan fingerprint density at radius 1 is 1.20 bits per heavy atom. The summed E-state index contributed by atoms with van der Waals surface area (Å²) in [5.41, 5.74) is 4.81. The van der Waals surface area contributed by atoms with Gasteiger partial charge in [0.15, 0.2) is 16.7 Å². The smallest absolute Gasteiger partial charge is 0.308 e. The van der Waals surface area contributed by atoms with Crippen molar-refractivity contribution in [1.82, 2.24) is 15.4 Å². The second kappa shape index (κ2) is 9.79. The largest absolute Gasteiger partial charge is 0.493 e. The summed E-state index contributed by atoms with van der Waals surface area (Å²) >= 11 is 1.28. The van der Waals surface area contributed by atoms with Crippen LogP contribution in [0.15, 0.2) is 46.7 Å². The highest BCUT2D eigenvalue weighted by molar-refractivity contribution is 7.99. The molecular formula is C20H20N4O5S. The number of hydrogen-bond acceptors (Lipinski definition) is 8. The van der Waals surface area contributed by atoms with Crippen LogP contribution in [0.3, 0.4) is 0 Å². The molecule has 0 aliphatic carbocycles. The summed E-state index contributed by atoms with van der Waals surface area (Å²) in [6.45, 7) is 1.28. The number of benzene rings is 2. The molecule has 0 saturated heterocycles. The van der Waals surface area contributed by atoms with E-state index in [0.29, 0.717) is 22.2 Å². The Morgan fingerprint density at radius 3 is 2.53 bits per heavy atom. The predicted molar refractivity (Wildman–Crippen MR) is 113 cm³/mol. The monoisotopic (exact) mass is 428 g/mol. The number of esters is 1. The van der Waals surface area contributed by atoms with E-state index >= 15 is 0 Å². The van der Waals surface area contributed by atoms with Gasteiger partial charge in [-0.05, 0) is 24.3 Å². The summed E-state index contributed by atoms with van der Waals surface area (Å²) in [5, 5.41) is 4.61. The number of carbonyl (C=O) groups excluding carboxylic acids is 2. The molecule has 2 aromatic carbocycles. The van der Waals surface area contributed by atoms with Crippen LogP contribution in [0.25, 0.3) is 11.0 Å². The highest BCUT2D eigenvalue weighted by Gasteiger charge is 2.15.